The summed E-state index contributed by atoms with van der Waals surface area (Å²) >= 11 is 12.6. The van der Waals surface area contributed by atoms with Gasteiger partial charge >= 0.3 is 0 Å². The van der Waals surface area contributed by atoms with Crippen LogP contribution in [0.3, 0.4) is 0 Å². The molecule has 1 amide bonds. The molecular weight excluding hydrogens is 567 g/mol. The van der Waals surface area contributed by atoms with Crippen molar-refractivity contribution in [2.75, 3.05) is 26.2 Å². The fourth-order valence-electron chi connectivity index (χ4n) is 6.00. The number of fused-ring (bicyclic) bond motifs is 1. The Hall–Kier alpha value is -2.84. The summed E-state index contributed by atoms with van der Waals surface area (Å²) in [5.74, 6) is 0.279. The van der Waals surface area contributed by atoms with Crippen molar-refractivity contribution < 1.29 is 4.79 Å². The van der Waals surface area contributed by atoms with E-state index >= 15 is 0 Å². The molecule has 3 atom stereocenters. The highest BCUT2D eigenvalue weighted by molar-refractivity contribution is 6.35. The van der Waals surface area contributed by atoms with Crippen molar-refractivity contribution in [3.05, 3.63) is 81.8 Å². The maximum Gasteiger partial charge on any atom is 0.227 e. The van der Waals surface area contributed by atoms with E-state index in [1.165, 1.54) is 5.39 Å². The SMILES string of the molecule is CCCC[C@@H]1CN(C[C@@H](N)Cc2ccc(Cl)cc2Cl)C(CCCN=C(N)N)CN1C(=O)Cc1ccc2ccccc2c1. The Morgan fingerprint density at radius 3 is 2.48 bits per heavy atom. The first-order valence-electron chi connectivity index (χ1n) is 15.0. The molecule has 0 bridgehead atoms. The van der Waals surface area contributed by atoms with E-state index in [1.54, 1.807) is 6.07 Å². The van der Waals surface area contributed by atoms with Crippen molar-refractivity contribution in [1.82, 2.24) is 9.80 Å². The summed E-state index contributed by atoms with van der Waals surface area (Å²) in [5, 5.41) is 3.58. The Balaban J connectivity index is 1.51. The van der Waals surface area contributed by atoms with Gasteiger partial charge in [0.05, 0.1) is 6.42 Å². The Morgan fingerprint density at radius 2 is 1.74 bits per heavy atom. The number of nitrogens with zero attached hydrogens (tertiary/aromatic N) is 3. The first-order chi connectivity index (χ1) is 20.2. The Labute approximate surface area is 260 Å². The van der Waals surface area contributed by atoms with Crippen molar-refractivity contribution in [2.24, 2.45) is 22.2 Å². The zero-order chi connectivity index (χ0) is 30.1. The summed E-state index contributed by atoms with van der Waals surface area (Å²) < 4.78 is 0. The first-order valence-corrected chi connectivity index (χ1v) is 15.7. The number of aliphatic imine (C=N–C) groups is 1. The third-order valence-corrected chi connectivity index (χ3v) is 8.73. The largest absolute Gasteiger partial charge is 0.370 e. The van der Waals surface area contributed by atoms with Crippen molar-refractivity contribution in [3.63, 3.8) is 0 Å². The van der Waals surface area contributed by atoms with E-state index in [4.69, 9.17) is 40.4 Å². The van der Waals surface area contributed by atoms with Gasteiger partial charge in [-0.1, -0.05) is 91.5 Å². The van der Waals surface area contributed by atoms with E-state index < -0.39 is 0 Å². The van der Waals surface area contributed by atoms with Gasteiger partial charge in [0.15, 0.2) is 5.96 Å². The summed E-state index contributed by atoms with van der Waals surface area (Å²) in [4.78, 5) is 22.7. The predicted octanol–water partition coefficient (Wildman–Crippen LogP) is 5.38. The average Bonchev–Trinajstić information content (AvgIpc) is 2.96. The van der Waals surface area contributed by atoms with Crippen molar-refractivity contribution in [2.45, 2.75) is 70.0 Å². The van der Waals surface area contributed by atoms with Crippen LogP contribution in [0.5, 0.6) is 0 Å². The number of guanidine groups is 1. The fraction of sp³-hybridized carbons (Fsp3) is 0.455. The van der Waals surface area contributed by atoms with Crippen LogP contribution in [0.2, 0.25) is 10.0 Å². The molecule has 0 spiro atoms. The molecular formula is C33H44Cl2N6O. The van der Waals surface area contributed by atoms with Gasteiger partial charge < -0.3 is 22.1 Å². The van der Waals surface area contributed by atoms with Crippen LogP contribution in [0.4, 0.5) is 0 Å². The molecule has 3 aromatic rings. The number of hydrogen-bond acceptors (Lipinski definition) is 4. The lowest BCUT2D eigenvalue weighted by Crippen LogP contribution is -2.61. The summed E-state index contributed by atoms with van der Waals surface area (Å²) in [6, 6.07) is 20.3. The second-order valence-corrected chi connectivity index (χ2v) is 12.3. The third-order valence-electron chi connectivity index (χ3n) is 8.15. The minimum atomic E-state index is -0.115. The maximum absolute atomic E-state index is 13.9. The Bertz CT molecular complexity index is 1360. The Kier molecular flexibility index (Phi) is 11.9. The Morgan fingerprint density at radius 1 is 0.976 bits per heavy atom. The number of carbonyl (C=O) groups excluding carboxylic acids is 1. The van der Waals surface area contributed by atoms with Gasteiger partial charge in [-0.05, 0) is 59.7 Å². The van der Waals surface area contributed by atoms with E-state index in [2.05, 4.69) is 52.0 Å². The van der Waals surface area contributed by atoms with E-state index in [0.29, 0.717) is 42.5 Å². The number of amides is 1. The fourth-order valence-corrected chi connectivity index (χ4v) is 6.48. The molecule has 0 aromatic heterocycles. The quantitative estimate of drug-likeness (QED) is 0.136. The van der Waals surface area contributed by atoms with Gasteiger partial charge in [0.25, 0.3) is 0 Å². The van der Waals surface area contributed by atoms with Crippen LogP contribution >= 0.6 is 23.2 Å². The van der Waals surface area contributed by atoms with E-state index in [0.717, 1.165) is 55.2 Å². The van der Waals surface area contributed by atoms with Gasteiger partial charge in [0.2, 0.25) is 5.91 Å². The van der Waals surface area contributed by atoms with Gasteiger partial charge in [-0.3, -0.25) is 14.7 Å². The van der Waals surface area contributed by atoms with Crippen LogP contribution in [0.25, 0.3) is 10.8 Å². The monoisotopic (exact) mass is 610 g/mol. The zero-order valence-corrected chi connectivity index (χ0v) is 26.0. The molecule has 226 valence electrons. The molecule has 7 nitrogen and oxygen atoms in total. The minimum Gasteiger partial charge on any atom is -0.370 e. The van der Waals surface area contributed by atoms with Crippen LogP contribution in [0.15, 0.2) is 65.7 Å². The lowest BCUT2D eigenvalue weighted by Gasteiger charge is -2.47. The van der Waals surface area contributed by atoms with Crippen LogP contribution in [0, 0.1) is 0 Å². The molecule has 1 aliphatic rings. The number of hydrogen-bond donors (Lipinski definition) is 3. The number of carbonyl (C=O) groups is 1. The molecule has 1 unspecified atom stereocenters. The molecule has 0 saturated carbocycles. The highest BCUT2D eigenvalue weighted by Gasteiger charge is 2.36. The number of unbranched alkanes of at least 4 members (excludes halogenated alkanes) is 1. The summed E-state index contributed by atoms with van der Waals surface area (Å²) in [6.45, 7) is 4.92. The molecule has 1 heterocycles. The number of piperazine rings is 1. The van der Waals surface area contributed by atoms with Gasteiger partial charge in [-0.15, -0.1) is 0 Å². The number of halogens is 2. The molecule has 6 N–H and O–H groups in total. The first kappa shape index (κ1) is 32.1. The number of rotatable bonds is 13. The summed E-state index contributed by atoms with van der Waals surface area (Å²) in [7, 11) is 0. The number of nitrogens with two attached hydrogens (primary N) is 3. The molecule has 1 aliphatic heterocycles. The maximum atomic E-state index is 13.9. The molecule has 3 aromatic carbocycles. The van der Waals surface area contributed by atoms with E-state index in [-0.39, 0.29) is 30.0 Å². The topological polar surface area (TPSA) is 114 Å². The molecule has 0 aliphatic carbocycles. The third kappa shape index (κ3) is 9.08. The average molecular weight is 612 g/mol. The van der Waals surface area contributed by atoms with Crippen LogP contribution in [0.1, 0.15) is 50.2 Å². The van der Waals surface area contributed by atoms with Crippen molar-refractivity contribution >= 4 is 45.8 Å². The molecule has 0 radical (unpaired) electrons. The van der Waals surface area contributed by atoms with Gasteiger partial charge in [0, 0.05) is 54.3 Å². The predicted molar refractivity (Wildman–Crippen MR) is 176 cm³/mol. The second-order valence-electron chi connectivity index (χ2n) is 11.5. The van der Waals surface area contributed by atoms with Gasteiger partial charge in [-0.2, -0.15) is 0 Å². The van der Waals surface area contributed by atoms with Gasteiger partial charge in [-0.25, -0.2) is 0 Å². The summed E-state index contributed by atoms with van der Waals surface area (Å²) in [5.41, 5.74) is 19.9. The highest BCUT2D eigenvalue weighted by atomic mass is 35.5. The van der Waals surface area contributed by atoms with Crippen molar-refractivity contribution in [1.29, 1.82) is 0 Å². The van der Waals surface area contributed by atoms with Crippen LogP contribution in [-0.4, -0.2) is 66.0 Å². The lowest BCUT2D eigenvalue weighted by atomic mass is 9.96. The van der Waals surface area contributed by atoms with Gasteiger partial charge in [0.1, 0.15) is 0 Å². The zero-order valence-electron chi connectivity index (χ0n) is 24.5. The van der Waals surface area contributed by atoms with E-state index in [1.807, 2.05) is 24.3 Å². The standard InChI is InChI=1S/C33H44Cl2N6O/c1-2-3-9-30-21-40(20-28(36)18-26-13-14-27(34)19-31(26)35)29(10-6-15-39-33(37)38)22-41(30)32(42)17-23-11-12-24-7-4-5-8-25(24)16-23/h4-5,7-8,11-14,16,19,28-30H,2-3,6,9-10,15,17-18,20-22,36H2,1H3,(H4,37,38,39)/t28-,29?,30+/m0/s1. The smallest absolute Gasteiger partial charge is 0.227 e. The highest BCUT2D eigenvalue weighted by Crippen LogP contribution is 2.26. The molecule has 1 saturated heterocycles. The van der Waals surface area contributed by atoms with Crippen molar-refractivity contribution in [3.8, 4) is 0 Å². The molecule has 4 rings (SSSR count). The summed E-state index contributed by atoms with van der Waals surface area (Å²) in [6.07, 6.45) is 5.85. The van der Waals surface area contributed by atoms with Crippen LogP contribution < -0.4 is 17.2 Å². The lowest BCUT2D eigenvalue weighted by molar-refractivity contribution is -0.137. The molecule has 1 fully saturated rings. The molecule has 9 heteroatoms. The minimum absolute atomic E-state index is 0.101. The number of benzene rings is 3. The normalized spacial score (nSPS) is 18.2. The van der Waals surface area contributed by atoms with Crippen LogP contribution in [-0.2, 0) is 17.6 Å². The van der Waals surface area contributed by atoms with E-state index in [9.17, 15) is 4.79 Å². The molecule has 42 heavy (non-hydrogen) atoms. The second kappa shape index (κ2) is 15.6.